The molecule has 0 radical (unpaired) electrons. The second-order valence-electron chi connectivity index (χ2n) is 7.46. The van der Waals surface area contributed by atoms with Crippen LogP contribution in [0.4, 0.5) is 0 Å². The molecule has 0 saturated carbocycles. The Morgan fingerprint density at radius 2 is 1.67 bits per heavy atom. The van der Waals surface area contributed by atoms with Crippen LogP contribution in [0.15, 0.2) is 65.8 Å². The van der Waals surface area contributed by atoms with Crippen LogP contribution >= 0.6 is 0 Å². The van der Waals surface area contributed by atoms with Gasteiger partial charge in [-0.3, -0.25) is 4.79 Å². The fourth-order valence-corrected chi connectivity index (χ4v) is 5.35. The SMILES string of the molecule is Cc1ccc(S(=O)(=O)N2CCN(C(=O)c3ccc(-n4cccn4)cc3)CC2)c(C)c1. The van der Waals surface area contributed by atoms with Gasteiger partial charge in [-0.05, 0) is 55.8 Å². The van der Waals surface area contributed by atoms with Crippen molar-refractivity contribution in [3.8, 4) is 5.69 Å². The van der Waals surface area contributed by atoms with Gasteiger partial charge in [-0.1, -0.05) is 17.7 Å². The second kappa shape index (κ2) is 8.04. The molecule has 30 heavy (non-hydrogen) atoms. The predicted octanol–water partition coefficient (Wildman–Crippen LogP) is 2.64. The summed E-state index contributed by atoms with van der Waals surface area (Å²) in [4.78, 5) is 14.9. The molecular weight excluding hydrogens is 400 g/mol. The minimum atomic E-state index is -3.57. The van der Waals surface area contributed by atoms with Crippen LogP contribution in [0, 0.1) is 13.8 Å². The summed E-state index contributed by atoms with van der Waals surface area (Å²) in [6.45, 7) is 5.05. The van der Waals surface area contributed by atoms with Crippen molar-refractivity contribution in [3.63, 3.8) is 0 Å². The Hall–Kier alpha value is -2.97. The molecule has 7 nitrogen and oxygen atoms in total. The lowest BCUT2D eigenvalue weighted by Gasteiger charge is -2.34. The van der Waals surface area contributed by atoms with Gasteiger partial charge in [-0.2, -0.15) is 9.40 Å². The Balaban J connectivity index is 1.43. The highest BCUT2D eigenvalue weighted by Gasteiger charge is 2.31. The maximum atomic E-state index is 13.0. The van der Waals surface area contributed by atoms with Crippen molar-refractivity contribution in [1.82, 2.24) is 19.0 Å². The first-order chi connectivity index (χ1) is 14.4. The van der Waals surface area contributed by atoms with Gasteiger partial charge in [0.05, 0.1) is 10.6 Å². The van der Waals surface area contributed by atoms with E-state index < -0.39 is 10.0 Å². The molecule has 0 aliphatic carbocycles. The molecule has 0 spiro atoms. The third-order valence-corrected chi connectivity index (χ3v) is 7.42. The van der Waals surface area contributed by atoms with Gasteiger partial charge in [-0.15, -0.1) is 0 Å². The molecule has 4 rings (SSSR count). The van der Waals surface area contributed by atoms with Crippen LogP contribution in [-0.4, -0.2) is 59.5 Å². The number of carbonyl (C=O) groups excluding carboxylic acids is 1. The highest BCUT2D eigenvalue weighted by molar-refractivity contribution is 7.89. The van der Waals surface area contributed by atoms with Crippen LogP contribution in [0.5, 0.6) is 0 Å². The lowest BCUT2D eigenvalue weighted by molar-refractivity contribution is 0.0698. The summed E-state index contributed by atoms with van der Waals surface area (Å²) in [7, 11) is -3.57. The van der Waals surface area contributed by atoms with Crippen molar-refractivity contribution < 1.29 is 13.2 Å². The fraction of sp³-hybridized carbons (Fsp3) is 0.273. The maximum Gasteiger partial charge on any atom is 0.253 e. The van der Waals surface area contributed by atoms with Gasteiger partial charge in [0.1, 0.15) is 0 Å². The molecule has 0 N–H and O–H groups in total. The number of aryl methyl sites for hydroxylation is 2. The Bertz CT molecular complexity index is 1150. The van der Waals surface area contributed by atoms with Gasteiger partial charge in [-0.25, -0.2) is 13.1 Å². The number of rotatable bonds is 4. The van der Waals surface area contributed by atoms with Crippen molar-refractivity contribution in [1.29, 1.82) is 0 Å². The lowest BCUT2D eigenvalue weighted by atomic mass is 10.1. The quantitative estimate of drug-likeness (QED) is 0.645. The van der Waals surface area contributed by atoms with E-state index in [1.165, 1.54) is 4.31 Å². The van der Waals surface area contributed by atoms with E-state index in [-0.39, 0.29) is 19.0 Å². The van der Waals surface area contributed by atoms with E-state index in [4.69, 9.17) is 0 Å². The van der Waals surface area contributed by atoms with Gasteiger partial charge in [0, 0.05) is 44.1 Å². The standard InChI is InChI=1S/C22H24N4O3S/c1-17-4-9-21(18(2)16-17)30(28,29)25-14-12-24(13-15-25)22(27)19-5-7-20(8-6-19)26-11-3-10-23-26/h3-11,16H,12-15H2,1-2H3. The zero-order chi connectivity index (χ0) is 21.3. The summed E-state index contributed by atoms with van der Waals surface area (Å²) in [5.74, 6) is -0.0921. The van der Waals surface area contributed by atoms with Gasteiger partial charge >= 0.3 is 0 Å². The molecule has 156 valence electrons. The van der Waals surface area contributed by atoms with Crippen LogP contribution in [0.1, 0.15) is 21.5 Å². The average Bonchev–Trinajstić information content (AvgIpc) is 3.28. The molecule has 0 atom stereocenters. The highest BCUT2D eigenvalue weighted by atomic mass is 32.2. The maximum absolute atomic E-state index is 13.0. The Labute approximate surface area is 176 Å². The Kier molecular flexibility index (Phi) is 5.44. The third-order valence-electron chi connectivity index (χ3n) is 5.36. The van der Waals surface area contributed by atoms with Gasteiger partial charge in [0.25, 0.3) is 5.91 Å². The monoisotopic (exact) mass is 424 g/mol. The molecule has 3 aromatic rings. The second-order valence-corrected chi connectivity index (χ2v) is 9.37. The number of nitrogens with zero attached hydrogens (tertiary/aromatic N) is 4. The summed E-state index contributed by atoms with van der Waals surface area (Å²) >= 11 is 0. The van der Waals surface area contributed by atoms with Gasteiger partial charge in [0.2, 0.25) is 10.0 Å². The molecule has 0 bridgehead atoms. The topological polar surface area (TPSA) is 75.5 Å². The van der Waals surface area contributed by atoms with E-state index in [2.05, 4.69) is 5.10 Å². The molecule has 1 aromatic heterocycles. The van der Waals surface area contributed by atoms with Crippen molar-refractivity contribution >= 4 is 15.9 Å². The molecule has 2 aromatic carbocycles. The number of aromatic nitrogens is 2. The van der Waals surface area contributed by atoms with E-state index in [9.17, 15) is 13.2 Å². The first kappa shape index (κ1) is 20.3. The molecule has 0 unspecified atom stereocenters. The molecular formula is C22H24N4O3S. The summed E-state index contributed by atoms with van der Waals surface area (Å²) in [6, 6.07) is 14.4. The molecule has 2 heterocycles. The minimum Gasteiger partial charge on any atom is -0.336 e. The summed E-state index contributed by atoms with van der Waals surface area (Å²) in [5, 5.41) is 4.18. The molecule has 1 amide bonds. The highest BCUT2D eigenvalue weighted by Crippen LogP contribution is 2.22. The summed E-state index contributed by atoms with van der Waals surface area (Å²) in [5.41, 5.74) is 3.23. The van der Waals surface area contributed by atoms with Crippen LogP contribution in [0.2, 0.25) is 0 Å². The van der Waals surface area contributed by atoms with Crippen molar-refractivity contribution in [2.24, 2.45) is 0 Å². The molecule has 1 aliphatic heterocycles. The normalized spacial score (nSPS) is 15.3. The lowest BCUT2D eigenvalue weighted by Crippen LogP contribution is -2.50. The smallest absolute Gasteiger partial charge is 0.253 e. The van der Waals surface area contributed by atoms with Gasteiger partial charge < -0.3 is 4.90 Å². The van der Waals surface area contributed by atoms with E-state index in [0.29, 0.717) is 23.5 Å². The molecule has 1 fully saturated rings. The fourth-order valence-electron chi connectivity index (χ4n) is 3.72. The first-order valence-corrected chi connectivity index (χ1v) is 11.3. The Morgan fingerprint density at radius 3 is 2.27 bits per heavy atom. The number of amides is 1. The zero-order valence-electron chi connectivity index (χ0n) is 17.0. The van der Waals surface area contributed by atoms with E-state index in [1.54, 1.807) is 34.0 Å². The average molecular weight is 425 g/mol. The Morgan fingerprint density at radius 1 is 0.967 bits per heavy atom. The van der Waals surface area contributed by atoms with Crippen molar-refractivity contribution in [2.75, 3.05) is 26.2 Å². The van der Waals surface area contributed by atoms with E-state index in [0.717, 1.165) is 16.8 Å². The van der Waals surface area contributed by atoms with Crippen LogP contribution < -0.4 is 0 Å². The number of hydrogen-bond acceptors (Lipinski definition) is 4. The third kappa shape index (κ3) is 3.88. The number of hydrogen-bond donors (Lipinski definition) is 0. The van der Waals surface area contributed by atoms with Gasteiger partial charge in [0.15, 0.2) is 0 Å². The van der Waals surface area contributed by atoms with Crippen molar-refractivity contribution in [2.45, 2.75) is 18.7 Å². The minimum absolute atomic E-state index is 0.0921. The number of sulfonamides is 1. The van der Waals surface area contributed by atoms with Crippen LogP contribution in [0.25, 0.3) is 5.69 Å². The number of piperazine rings is 1. The molecule has 1 aliphatic rings. The zero-order valence-corrected chi connectivity index (χ0v) is 17.8. The van der Waals surface area contributed by atoms with E-state index in [1.807, 2.05) is 50.4 Å². The number of benzene rings is 2. The molecule has 8 heteroatoms. The first-order valence-electron chi connectivity index (χ1n) is 9.83. The summed E-state index contributed by atoms with van der Waals surface area (Å²) in [6.07, 6.45) is 3.54. The van der Waals surface area contributed by atoms with Crippen LogP contribution in [0.3, 0.4) is 0 Å². The van der Waals surface area contributed by atoms with Crippen molar-refractivity contribution in [3.05, 3.63) is 77.6 Å². The summed E-state index contributed by atoms with van der Waals surface area (Å²) < 4.78 is 29.3. The van der Waals surface area contributed by atoms with E-state index >= 15 is 0 Å². The number of carbonyl (C=O) groups is 1. The van der Waals surface area contributed by atoms with Crippen LogP contribution in [-0.2, 0) is 10.0 Å². The molecule has 1 saturated heterocycles. The largest absolute Gasteiger partial charge is 0.336 e. The predicted molar refractivity (Wildman–Crippen MR) is 114 cm³/mol.